The number of rotatable bonds is 4. The van der Waals surface area contributed by atoms with E-state index in [0.29, 0.717) is 27.7 Å². The fraction of sp³-hybridized carbons (Fsp3) is 0.360. The Morgan fingerprint density at radius 2 is 1.84 bits per heavy atom. The maximum Gasteiger partial charge on any atom is 0.100 e. The van der Waals surface area contributed by atoms with Crippen LogP contribution in [-0.2, 0) is 0 Å². The summed E-state index contributed by atoms with van der Waals surface area (Å²) >= 11 is 6.84. The van der Waals surface area contributed by atoms with E-state index < -0.39 is 0 Å². The Hall–Kier alpha value is -2.63. The zero-order chi connectivity index (χ0) is 21.9. The van der Waals surface area contributed by atoms with Gasteiger partial charge in [0.1, 0.15) is 5.69 Å². The Bertz CT molecular complexity index is 1170. The molecule has 0 amide bonds. The second kappa shape index (κ2) is 7.21. The highest BCUT2D eigenvalue weighted by molar-refractivity contribution is 6.35. The van der Waals surface area contributed by atoms with Gasteiger partial charge in [-0.25, -0.2) is 0 Å². The molecule has 1 aliphatic carbocycles. The average molecular weight is 434 g/mol. The summed E-state index contributed by atoms with van der Waals surface area (Å²) in [5.41, 5.74) is 13.7. The lowest BCUT2D eigenvalue weighted by atomic mass is 9.61. The maximum absolute atomic E-state index is 8.03. The lowest BCUT2D eigenvalue weighted by Gasteiger charge is -2.58. The first-order valence-corrected chi connectivity index (χ1v) is 11.1. The van der Waals surface area contributed by atoms with Crippen LogP contribution < -0.4 is 5.73 Å². The number of aromatic nitrogens is 2. The largest absolute Gasteiger partial charge is 0.398 e. The Morgan fingerprint density at radius 3 is 2.45 bits per heavy atom. The predicted octanol–water partition coefficient (Wildman–Crippen LogP) is 5.33. The van der Waals surface area contributed by atoms with Gasteiger partial charge in [-0.3, -0.25) is 4.68 Å². The van der Waals surface area contributed by atoms with Crippen LogP contribution in [0.15, 0.2) is 36.4 Å². The molecule has 0 bridgehead atoms. The highest BCUT2D eigenvalue weighted by Gasteiger charge is 2.52. The zero-order valence-corrected chi connectivity index (χ0v) is 19.0. The summed E-state index contributed by atoms with van der Waals surface area (Å²) in [6.45, 7) is 6.44. The SMILES string of the molecule is Cc1cc(N)c(C=N)c(-c2c(-c3ccccc3)nn(C3CC4(C3)CN(C)C4)c2C)c1Cl. The third-order valence-electron chi connectivity index (χ3n) is 7.00. The number of likely N-dealkylation sites (tertiary alicyclic amines) is 1. The topological polar surface area (TPSA) is 70.9 Å². The summed E-state index contributed by atoms with van der Waals surface area (Å²) in [6.07, 6.45) is 3.63. The zero-order valence-electron chi connectivity index (χ0n) is 18.2. The molecule has 0 radical (unpaired) electrons. The summed E-state index contributed by atoms with van der Waals surface area (Å²) in [6, 6.07) is 12.5. The number of benzene rings is 2. The van der Waals surface area contributed by atoms with E-state index in [1.165, 1.54) is 19.3 Å². The molecule has 1 aromatic heterocycles. The van der Waals surface area contributed by atoms with E-state index in [-0.39, 0.29) is 0 Å². The van der Waals surface area contributed by atoms with Crippen molar-refractivity contribution in [2.24, 2.45) is 5.41 Å². The molecule has 31 heavy (non-hydrogen) atoms. The first-order valence-electron chi connectivity index (χ1n) is 10.8. The molecule has 3 N–H and O–H groups in total. The van der Waals surface area contributed by atoms with E-state index in [2.05, 4.69) is 35.7 Å². The Balaban J connectivity index is 1.69. The van der Waals surface area contributed by atoms with Crippen molar-refractivity contribution in [3.63, 3.8) is 0 Å². The summed E-state index contributed by atoms with van der Waals surface area (Å²) in [5.74, 6) is 0. The number of hydrogen-bond donors (Lipinski definition) is 2. The lowest BCUT2D eigenvalue weighted by Crippen LogP contribution is -2.60. The van der Waals surface area contributed by atoms with E-state index in [1.54, 1.807) is 0 Å². The van der Waals surface area contributed by atoms with Crippen LogP contribution in [0, 0.1) is 24.7 Å². The van der Waals surface area contributed by atoms with Crippen molar-refractivity contribution in [2.75, 3.05) is 25.9 Å². The summed E-state index contributed by atoms with van der Waals surface area (Å²) < 4.78 is 2.20. The molecular weight excluding hydrogens is 406 g/mol. The molecule has 3 aromatic rings. The van der Waals surface area contributed by atoms with E-state index in [9.17, 15) is 0 Å². The van der Waals surface area contributed by atoms with Crippen LogP contribution in [0.1, 0.15) is 35.7 Å². The first kappa shape index (κ1) is 20.3. The second-order valence-corrected chi connectivity index (χ2v) is 9.76. The highest BCUT2D eigenvalue weighted by Crippen LogP contribution is 2.55. The molecule has 1 saturated heterocycles. The van der Waals surface area contributed by atoms with Crippen LogP contribution in [0.25, 0.3) is 22.4 Å². The molecule has 6 heteroatoms. The van der Waals surface area contributed by atoms with Crippen molar-refractivity contribution in [1.82, 2.24) is 14.7 Å². The first-order chi connectivity index (χ1) is 14.8. The van der Waals surface area contributed by atoms with E-state index in [0.717, 1.165) is 46.5 Å². The van der Waals surface area contributed by atoms with Crippen LogP contribution in [0.3, 0.4) is 0 Å². The standard InChI is InChI=1S/C25H28ClN5/c1-15-9-20(28)19(12-27)22(23(15)26)21-16(2)31(18-10-25(11-18)13-30(3)14-25)29-24(21)17-7-5-4-6-8-17/h4-9,12,18,27H,10-11,13-14,28H2,1-3H3. The third-order valence-corrected chi connectivity index (χ3v) is 7.49. The molecule has 160 valence electrons. The minimum atomic E-state index is 0.397. The molecule has 1 saturated carbocycles. The molecule has 0 unspecified atom stereocenters. The number of nitrogens with one attached hydrogen (secondary N) is 1. The smallest absolute Gasteiger partial charge is 0.100 e. The normalized spacial score (nSPS) is 18.1. The van der Waals surface area contributed by atoms with Gasteiger partial charge < -0.3 is 16.0 Å². The molecule has 1 aliphatic heterocycles. The molecule has 5 nitrogen and oxygen atoms in total. The maximum atomic E-state index is 8.03. The average Bonchev–Trinajstić information content (AvgIpc) is 3.03. The van der Waals surface area contributed by atoms with Gasteiger partial charge >= 0.3 is 0 Å². The van der Waals surface area contributed by atoms with Gasteiger partial charge in [-0.1, -0.05) is 41.9 Å². The third kappa shape index (κ3) is 3.10. The van der Waals surface area contributed by atoms with Crippen molar-refractivity contribution < 1.29 is 0 Å². The van der Waals surface area contributed by atoms with Gasteiger partial charge in [0.2, 0.25) is 0 Å². The van der Waals surface area contributed by atoms with E-state index in [1.807, 2.05) is 31.2 Å². The minimum absolute atomic E-state index is 0.397. The number of nitrogens with zero attached hydrogens (tertiary/aromatic N) is 3. The number of aryl methyl sites for hydroxylation is 1. The molecule has 2 aliphatic rings. The molecular formula is C25H28ClN5. The quantitative estimate of drug-likeness (QED) is 0.431. The number of halogens is 1. The van der Waals surface area contributed by atoms with Crippen LogP contribution in [0.2, 0.25) is 5.02 Å². The Labute approximate surface area is 188 Å². The molecule has 1 spiro atoms. The van der Waals surface area contributed by atoms with Gasteiger partial charge in [0.15, 0.2) is 0 Å². The fourth-order valence-electron chi connectivity index (χ4n) is 5.68. The number of nitrogen functional groups attached to an aromatic ring is 1. The number of anilines is 1. The number of hydrogen-bond acceptors (Lipinski definition) is 4. The van der Waals surface area contributed by atoms with Crippen molar-refractivity contribution >= 4 is 23.5 Å². The summed E-state index contributed by atoms with van der Waals surface area (Å²) in [7, 11) is 2.19. The predicted molar refractivity (Wildman–Crippen MR) is 128 cm³/mol. The highest BCUT2D eigenvalue weighted by atomic mass is 35.5. The monoisotopic (exact) mass is 433 g/mol. The van der Waals surface area contributed by atoms with Gasteiger partial charge in [0.05, 0.1) is 11.1 Å². The van der Waals surface area contributed by atoms with Crippen molar-refractivity contribution in [1.29, 1.82) is 5.41 Å². The van der Waals surface area contributed by atoms with Crippen molar-refractivity contribution in [3.05, 3.63) is 58.2 Å². The molecule has 0 atom stereocenters. The Kier molecular flexibility index (Phi) is 4.72. The molecule has 2 fully saturated rings. The van der Waals surface area contributed by atoms with Crippen LogP contribution in [-0.4, -0.2) is 41.0 Å². The molecule has 2 aromatic carbocycles. The van der Waals surface area contributed by atoms with E-state index >= 15 is 0 Å². The Morgan fingerprint density at radius 1 is 1.16 bits per heavy atom. The fourth-order valence-corrected chi connectivity index (χ4v) is 5.93. The van der Waals surface area contributed by atoms with Crippen LogP contribution in [0.4, 0.5) is 5.69 Å². The van der Waals surface area contributed by atoms with Gasteiger partial charge in [-0.15, -0.1) is 0 Å². The van der Waals surface area contributed by atoms with Gasteiger partial charge in [-0.2, -0.15) is 5.10 Å². The minimum Gasteiger partial charge on any atom is -0.398 e. The summed E-state index contributed by atoms with van der Waals surface area (Å²) in [4.78, 5) is 2.39. The van der Waals surface area contributed by atoms with Gasteiger partial charge in [-0.05, 0) is 50.8 Å². The van der Waals surface area contributed by atoms with Gasteiger partial charge in [0.25, 0.3) is 0 Å². The van der Waals surface area contributed by atoms with Crippen molar-refractivity contribution in [3.8, 4) is 22.4 Å². The van der Waals surface area contributed by atoms with Gasteiger partial charge in [0, 0.05) is 52.9 Å². The molecule has 5 rings (SSSR count). The van der Waals surface area contributed by atoms with Crippen LogP contribution >= 0.6 is 11.6 Å². The molecule has 2 heterocycles. The van der Waals surface area contributed by atoms with Crippen LogP contribution in [0.5, 0.6) is 0 Å². The second-order valence-electron chi connectivity index (χ2n) is 9.38. The lowest BCUT2D eigenvalue weighted by molar-refractivity contribution is -0.0790. The van der Waals surface area contributed by atoms with E-state index in [4.69, 9.17) is 27.8 Å². The number of nitrogens with two attached hydrogens (primary N) is 1. The van der Waals surface area contributed by atoms with Crippen molar-refractivity contribution in [2.45, 2.75) is 32.7 Å². The summed E-state index contributed by atoms with van der Waals surface area (Å²) in [5, 5.41) is 13.8.